The maximum Gasteiger partial charge on any atom is 0.366 e. The van der Waals surface area contributed by atoms with Gasteiger partial charge in [0.1, 0.15) is 28.6 Å². The summed E-state index contributed by atoms with van der Waals surface area (Å²) in [5.74, 6) is -0.0890. The quantitative estimate of drug-likeness (QED) is 0.737. The van der Waals surface area contributed by atoms with E-state index in [-0.39, 0.29) is 0 Å². The van der Waals surface area contributed by atoms with Crippen molar-refractivity contribution in [2.45, 2.75) is 0 Å². The maximum atomic E-state index is 11.2. The second-order valence-corrected chi connectivity index (χ2v) is 2.65. The van der Waals surface area contributed by atoms with Gasteiger partial charge in [0.05, 0.1) is 0 Å². The second kappa shape index (κ2) is 3.48. The number of halogens is 1. The van der Waals surface area contributed by atoms with E-state index in [2.05, 4.69) is 8.00 Å². The number of benzene rings is 1. The number of rotatable bonds is 1. The van der Waals surface area contributed by atoms with Crippen LogP contribution in [0.25, 0.3) is 0 Å². The van der Waals surface area contributed by atoms with Gasteiger partial charge in [0.15, 0.2) is 11.1 Å². The van der Waals surface area contributed by atoms with Gasteiger partial charge in [-0.05, 0) is 12.1 Å². The van der Waals surface area contributed by atoms with Gasteiger partial charge in [-0.2, -0.15) is 3.17 Å². The van der Waals surface area contributed by atoms with Crippen LogP contribution >= 0.6 is 23.0 Å². The molecule has 0 amide bonds. The molecule has 0 unspecified atom stereocenters. The van der Waals surface area contributed by atoms with Crippen LogP contribution < -0.4 is 4.84 Å². The normalized spacial score (nSPS) is 15.9. The third-order valence-electron chi connectivity index (χ3n) is 1.49. The van der Waals surface area contributed by atoms with Crippen LogP contribution in [0.4, 0.5) is 0 Å². The van der Waals surface area contributed by atoms with Gasteiger partial charge in [0.25, 0.3) is 0 Å². The first-order chi connectivity index (χ1) is 6.31. The molecule has 0 spiro atoms. The number of hydrogen-bond acceptors (Lipinski definition) is 5. The monoisotopic (exact) mass is 293 g/mol. The van der Waals surface area contributed by atoms with Gasteiger partial charge in [-0.25, -0.2) is 4.79 Å². The molecule has 0 saturated heterocycles. The Kier molecular flexibility index (Phi) is 2.34. The standard InChI is InChI=1S/C7H4INO4/c8-13-9-11-6-4-2-1-3-5(6)7(10)12-9/h1-4H. The smallest absolute Gasteiger partial charge is 0.347 e. The van der Waals surface area contributed by atoms with Crippen molar-refractivity contribution in [2.24, 2.45) is 0 Å². The summed E-state index contributed by atoms with van der Waals surface area (Å²) in [6.45, 7) is 0. The molecule has 0 N–H and O–H groups in total. The Hall–Kier alpha value is -0.860. The molecule has 0 aromatic heterocycles. The van der Waals surface area contributed by atoms with Crippen LogP contribution in [-0.4, -0.2) is 11.4 Å². The number of nitrogens with zero attached hydrogens (tertiary/aromatic N) is 1. The van der Waals surface area contributed by atoms with Gasteiger partial charge < -0.3 is 9.68 Å². The Morgan fingerprint density at radius 3 is 2.85 bits per heavy atom. The zero-order valence-corrected chi connectivity index (χ0v) is 8.43. The van der Waals surface area contributed by atoms with Crippen molar-refractivity contribution in [2.75, 3.05) is 0 Å². The van der Waals surface area contributed by atoms with Crippen molar-refractivity contribution in [3.63, 3.8) is 0 Å². The topological polar surface area (TPSA) is 48.0 Å². The summed E-state index contributed by atoms with van der Waals surface area (Å²) in [7, 11) is 0. The predicted molar refractivity (Wildman–Crippen MR) is 49.4 cm³/mol. The first-order valence-corrected chi connectivity index (χ1v) is 4.27. The number of carbonyl (C=O) groups excluding carboxylic acids is 1. The van der Waals surface area contributed by atoms with Crippen LogP contribution in [0.15, 0.2) is 24.3 Å². The van der Waals surface area contributed by atoms with E-state index in [1.165, 1.54) is 23.0 Å². The van der Waals surface area contributed by atoms with Crippen molar-refractivity contribution >= 4 is 29.0 Å². The average molecular weight is 293 g/mol. The highest BCUT2D eigenvalue weighted by Gasteiger charge is 2.26. The van der Waals surface area contributed by atoms with Crippen LogP contribution in [0.3, 0.4) is 0 Å². The van der Waals surface area contributed by atoms with Crippen LogP contribution in [0.2, 0.25) is 0 Å². The third kappa shape index (κ3) is 1.60. The van der Waals surface area contributed by atoms with E-state index in [9.17, 15) is 4.79 Å². The molecule has 1 aromatic rings. The fourth-order valence-corrected chi connectivity index (χ4v) is 1.12. The maximum absolute atomic E-state index is 11.2. The van der Waals surface area contributed by atoms with Crippen molar-refractivity contribution in [1.82, 2.24) is 5.39 Å². The zero-order chi connectivity index (χ0) is 9.26. The van der Waals surface area contributed by atoms with E-state index in [0.29, 0.717) is 16.7 Å². The molecule has 1 aliphatic heterocycles. The Balaban J connectivity index is 2.37. The molecule has 68 valence electrons. The van der Waals surface area contributed by atoms with E-state index in [4.69, 9.17) is 4.84 Å². The van der Waals surface area contributed by atoms with Crippen molar-refractivity contribution < 1.29 is 17.6 Å². The molecule has 6 heteroatoms. The Morgan fingerprint density at radius 1 is 1.31 bits per heavy atom. The molecule has 0 aliphatic carbocycles. The van der Waals surface area contributed by atoms with E-state index in [1.807, 2.05) is 0 Å². The highest BCUT2D eigenvalue weighted by atomic mass is 127. The molecule has 5 nitrogen and oxygen atoms in total. The number of carbonyl (C=O) groups is 1. The lowest BCUT2D eigenvalue weighted by molar-refractivity contribution is -0.411. The Bertz CT molecular complexity index is 343. The number of para-hydroxylation sites is 1. The van der Waals surface area contributed by atoms with Gasteiger partial charge in [-0.1, -0.05) is 12.1 Å². The fraction of sp³-hybridized carbons (Fsp3) is 0. The molecule has 0 bridgehead atoms. The Labute approximate surface area is 87.7 Å². The fourth-order valence-electron chi connectivity index (χ4n) is 0.959. The molecular weight excluding hydrogens is 289 g/mol. The lowest BCUT2D eigenvalue weighted by atomic mass is 10.2. The summed E-state index contributed by atoms with van der Waals surface area (Å²) >= 11 is 1.54. The molecule has 0 radical (unpaired) electrons. The SMILES string of the molecule is O=C1ON(OI)Oc2ccccc21. The van der Waals surface area contributed by atoms with Crippen molar-refractivity contribution in [1.29, 1.82) is 0 Å². The van der Waals surface area contributed by atoms with Gasteiger partial charge in [0, 0.05) is 0 Å². The predicted octanol–water partition coefficient (Wildman–Crippen LogP) is 1.65. The van der Waals surface area contributed by atoms with Crippen molar-refractivity contribution in [3.05, 3.63) is 29.8 Å². The zero-order valence-electron chi connectivity index (χ0n) is 6.27. The van der Waals surface area contributed by atoms with E-state index >= 15 is 0 Å². The first kappa shape index (κ1) is 8.73. The van der Waals surface area contributed by atoms with Crippen LogP contribution in [0, 0.1) is 0 Å². The third-order valence-corrected chi connectivity index (χ3v) is 1.82. The van der Waals surface area contributed by atoms with Gasteiger partial charge in [-0.3, -0.25) is 0 Å². The van der Waals surface area contributed by atoms with E-state index in [1.54, 1.807) is 24.3 Å². The highest BCUT2D eigenvalue weighted by Crippen LogP contribution is 2.25. The average Bonchev–Trinajstić information content (AvgIpc) is 2.18. The summed E-state index contributed by atoms with van der Waals surface area (Å²) in [5.41, 5.74) is 0.382. The molecule has 1 aromatic carbocycles. The van der Waals surface area contributed by atoms with Crippen LogP contribution in [0.1, 0.15) is 10.4 Å². The van der Waals surface area contributed by atoms with Gasteiger partial charge >= 0.3 is 5.97 Å². The van der Waals surface area contributed by atoms with Crippen LogP contribution in [-0.2, 0) is 8.00 Å². The van der Waals surface area contributed by atoms with Gasteiger partial charge in [-0.15, -0.1) is 0 Å². The molecule has 0 saturated carbocycles. The summed E-state index contributed by atoms with van der Waals surface area (Å²) in [6, 6.07) is 6.74. The lowest BCUT2D eigenvalue weighted by Crippen LogP contribution is -2.33. The van der Waals surface area contributed by atoms with E-state index in [0.717, 1.165) is 0 Å². The summed E-state index contributed by atoms with van der Waals surface area (Å²) in [5, 5.41) is 0.644. The highest BCUT2D eigenvalue weighted by molar-refractivity contribution is 14.1. The summed E-state index contributed by atoms with van der Waals surface area (Å²) in [4.78, 5) is 20.8. The second-order valence-electron chi connectivity index (χ2n) is 2.26. The van der Waals surface area contributed by atoms with Gasteiger partial charge in [0.2, 0.25) is 0 Å². The molecule has 1 aliphatic rings. The molecule has 13 heavy (non-hydrogen) atoms. The molecular formula is C7H4INO4. The minimum atomic E-state index is -0.501. The lowest BCUT2D eigenvalue weighted by Gasteiger charge is -2.21. The first-order valence-electron chi connectivity index (χ1n) is 3.39. The van der Waals surface area contributed by atoms with Crippen LogP contribution in [0.5, 0.6) is 5.75 Å². The summed E-state index contributed by atoms with van der Waals surface area (Å²) < 4.78 is 4.56. The molecule has 1 heterocycles. The summed E-state index contributed by atoms with van der Waals surface area (Å²) in [6.07, 6.45) is 0. The van der Waals surface area contributed by atoms with Crippen molar-refractivity contribution in [3.8, 4) is 5.75 Å². The molecule has 2 rings (SSSR count). The minimum Gasteiger partial charge on any atom is -0.347 e. The largest absolute Gasteiger partial charge is 0.366 e. The molecule has 0 fully saturated rings. The van der Waals surface area contributed by atoms with E-state index < -0.39 is 5.97 Å². The molecule has 0 atom stereocenters. The number of hydrogen-bond donors (Lipinski definition) is 0. The minimum absolute atomic E-state index is 0.382. The number of fused-ring (bicyclic) bond motifs is 1. The Morgan fingerprint density at radius 2 is 2.08 bits per heavy atom.